The second-order valence-electron chi connectivity index (χ2n) is 3.41. The van der Waals surface area contributed by atoms with E-state index in [1.165, 1.54) is 23.5 Å². The van der Waals surface area contributed by atoms with E-state index >= 15 is 0 Å². The monoisotopic (exact) mass is 514 g/mol. The summed E-state index contributed by atoms with van der Waals surface area (Å²) in [5, 5.41) is 6.30. The predicted octanol–water partition coefficient (Wildman–Crippen LogP) is 4.49. The van der Waals surface area contributed by atoms with Crippen LogP contribution in [0.3, 0.4) is 0 Å². The van der Waals surface area contributed by atoms with Crippen LogP contribution in [0.15, 0.2) is 0 Å². The zero-order valence-corrected chi connectivity index (χ0v) is 21.6. The third-order valence-electron chi connectivity index (χ3n) is 1.99. The molecule has 0 unspecified atom stereocenters. The van der Waals surface area contributed by atoms with Gasteiger partial charge in [-0.25, -0.2) is 7.42 Å². The Labute approximate surface area is 191 Å². The van der Waals surface area contributed by atoms with Gasteiger partial charge in [0.25, 0.3) is 0 Å². The number of hydrogen-bond acceptors (Lipinski definition) is 10. The molecule has 14 heteroatoms. The molecule has 24 heavy (non-hydrogen) atoms. The van der Waals surface area contributed by atoms with Gasteiger partial charge < -0.3 is 10.6 Å². The van der Waals surface area contributed by atoms with E-state index in [0.717, 1.165) is 8.64 Å². The molecular weight excluding hydrogens is 497 g/mol. The molecule has 0 aromatic rings. The maximum absolute atomic E-state index is 5.32. The second-order valence-corrected chi connectivity index (χ2v) is 11.4. The first kappa shape index (κ1) is 25.7. The van der Waals surface area contributed by atoms with Gasteiger partial charge in [-0.1, -0.05) is 48.9 Å². The molecule has 0 radical (unpaired) electrons. The fourth-order valence-electron chi connectivity index (χ4n) is 1.08. The van der Waals surface area contributed by atoms with Crippen molar-refractivity contribution in [1.82, 2.24) is 18.1 Å². The Morgan fingerprint density at radius 3 is 1.21 bits per heavy atom. The van der Waals surface area contributed by atoms with Crippen LogP contribution in [0.2, 0.25) is 0 Å². The van der Waals surface area contributed by atoms with E-state index in [4.69, 9.17) is 48.9 Å². The molecule has 0 aromatic carbocycles. The normalized spacial score (nSPS) is 10.0. The van der Waals surface area contributed by atoms with Gasteiger partial charge in [-0.3, -0.25) is 0 Å². The zero-order valence-electron chi connectivity index (χ0n) is 13.4. The third kappa shape index (κ3) is 11.4. The Balaban J connectivity index is 3.96. The molecule has 0 aliphatic heterocycles. The van der Waals surface area contributed by atoms with Gasteiger partial charge in [-0.05, 0) is 71.3 Å². The van der Waals surface area contributed by atoms with Gasteiger partial charge in [-0.15, -0.1) is 0 Å². The van der Waals surface area contributed by atoms with Gasteiger partial charge >= 0.3 is 0 Å². The van der Waals surface area contributed by atoms with Crippen LogP contribution in [-0.2, 0) is 0 Å². The molecule has 2 N–H and O–H groups in total. The number of nitrogens with zero attached hydrogens (tertiary/aromatic N) is 2. The molecule has 0 amide bonds. The molecule has 0 fully saturated rings. The van der Waals surface area contributed by atoms with E-state index < -0.39 is 0 Å². The van der Waals surface area contributed by atoms with Gasteiger partial charge in [0.05, 0.1) is 0 Å². The summed E-state index contributed by atoms with van der Waals surface area (Å²) in [6, 6.07) is 0. The van der Waals surface area contributed by atoms with E-state index in [2.05, 4.69) is 10.6 Å². The molecule has 0 saturated carbocycles. The molecule has 0 saturated heterocycles. The minimum atomic E-state index is 0.653. The molecule has 138 valence electrons. The van der Waals surface area contributed by atoms with E-state index in [9.17, 15) is 0 Å². The van der Waals surface area contributed by atoms with Crippen LogP contribution in [0.5, 0.6) is 0 Å². The van der Waals surface area contributed by atoms with E-state index in [-0.39, 0.29) is 0 Å². The Kier molecular flexibility index (Phi) is 16.8. The Hall–Kier alpha value is 1.66. The summed E-state index contributed by atoms with van der Waals surface area (Å²) >= 11 is 30.2. The summed E-state index contributed by atoms with van der Waals surface area (Å²) in [6.07, 6.45) is 7.90. The predicted molar refractivity (Wildman–Crippen MR) is 139 cm³/mol. The highest BCUT2D eigenvalue weighted by Crippen LogP contribution is 2.24. The average molecular weight is 515 g/mol. The smallest absolute Gasteiger partial charge is 0.163 e. The standard InChI is InChI=1S/C10H18N4S10/c1-19-13(20-2)9(17)23-7(15)11-5-6-12-8(16)24-10(18)14(21-3)22-4/h5-6H2,1-4H3,(H,11,15)(H,12,16). The molecule has 0 aliphatic rings. The summed E-state index contributed by atoms with van der Waals surface area (Å²) in [6.45, 7) is 1.32. The Morgan fingerprint density at radius 2 is 0.958 bits per heavy atom. The fourth-order valence-corrected chi connectivity index (χ4v) is 7.42. The third-order valence-corrected chi connectivity index (χ3v) is 9.78. The minimum absolute atomic E-state index is 0.653. The molecular formula is C10H18N4S10. The summed E-state index contributed by atoms with van der Waals surface area (Å²) in [5.41, 5.74) is 0. The topological polar surface area (TPSA) is 30.5 Å². The number of rotatable bonds is 7. The summed E-state index contributed by atoms with van der Waals surface area (Å²) in [7, 11) is 0. The lowest BCUT2D eigenvalue weighted by molar-refractivity contribution is 0.833. The lowest BCUT2D eigenvalue weighted by Gasteiger charge is -2.19. The molecule has 0 spiro atoms. The van der Waals surface area contributed by atoms with Gasteiger partial charge in [0.1, 0.15) is 8.64 Å². The summed E-state index contributed by atoms with van der Waals surface area (Å²) < 4.78 is 6.63. The van der Waals surface area contributed by atoms with Crippen LogP contribution in [0.1, 0.15) is 0 Å². The van der Waals surface area contributed by atoms with Crippen molar-refractivity contribution in [3.8, 4) is 0 Å². The Bertz CT molecular complexity index is 397. The van der Waals surface area contributed by atoms with Gasteiger partial charge in [0.15, 0.2) is 8.64 Å². The molecule has 0 heterocycles. The number of thiocarbonyl (C=S) groups is 4. The largest absolute Gasteiger partial charge is 0.369 e. The summed E-state index contributed by atoms with van der Waals surface area (Å²) in [5.74, 6) is 0. The van der Waals surface area contributed by atoms with Crippen LogP contribution in [0.4, 0.5) is 0 Å². The number of thioether (sulfide) groups is 2. The lowest BCUT2D eigenvalue weighted by Crippen LogP contribution is -2.32. The first-order valence-corrected chi connectivity index (χ1v) is 14.1. The van der Waals surface area contributed by atoms with Crippen molar-refractivity contribution in [3.05, 3.63) is 0 Å². The van der Waals surface area contributed by atoms with Gasteiger partial charge in [-0.2, -0.15) is 0 Å². The zero-order chi connectivity index (χ0) is 18.5. The van der Waals surface area contributed by atoms with Crippen LogP contribution >= 0.6 is 120 Å². The molecule has 4 nitrogen and oxygen atoms in total. The van der Waals surface area contributed by atoms with Gasteiger partial charge in [0, 0.05) is 38.1 Å². The summed E-state index contributed by atoms with van der Waals surface area (Å²) in [4.78, 5) is 0. The molecule has 0 atom stereocenters. The van der Waals surface area contributed by atoms with Crippen LogP contribution in [0, 0.1) is 0 Å². The van der Waals surface area contributed by atoms with Crippen molar-refractivity contribution < 1.29 is 0 Å². The maximum Gasteiger partial charge on any atom is 0.163 e. The van der Waals surface area contributed by atoms with Crippen molar-refractivity contribution >= 4 is 137 Å². The van der Waals surface area contributed by atoms with Crippen LogP contribution in [0.25, 0.3) is 0 Å². The number of hydrogen-bond donors (Lipinski definition) is 2. The first-order valence-electron chi connectivity index (χ1n) is 6.15. The van der Waals surface area contributed by atoms with Crippen molar-refractivity contribution in [3.63, 3.8) is 0 Å². The second kappa shape index (κ2) is 15.7. The quantitative estimate of drug-likeness (QED) is 0.284. The molecule has 0 aliphatic carbocycles. The highest BCUT2D eigenvalue weighted by molar-refractivity contribution is 8.40. The number of nitrogens with one attached hydrogen (secondary N) is 2. The van der Waals surface area contributed by atoms with E-state index in [1.807, 2.05) is 32.4 Å². The lowest BCUT2D eigenvalue weighted by atomic mass is 10.6. The van der Waals surface area contributed by atoms with Crippen LogP contribution in [-0.4, -0.2) is 62.8 Å². The average Bonchev–Trinajstić information content (AvgIpc) is 2.53. The van der Waals surface area contributed by atoms with Crippen LogP contribution < -0.4 is 10.6 Å². The van der Waals surface area contributed by atoms with E-state index in [1.54, 1.807) is 47.8 Å². The SMILES string of the molecule is CSN(SC)C(=S)SC(=S)NCCNC(=S)SC(=S)N(SC)SC. The van der Waals surface area contributed by atoms with Crippen molar-refractivity contribution in [2.24, 2.45) is 0 Å². The maximum atomic E-state index is 5.32. The molecule has 0 aromatic heterocycles. The van der Waals surface area contributed by atoms with Crippen molar-refractivity contribution in [2.45, 2.75) is 0 Å². The van der Waals surface area contributed by atoms with Gasteiger partial charge in [0.2, 0.25) is 0 Å². The highest BCUT2D eigenvalue weighted by Gasteiger charge is 2.12. The Morgan fingerprint density at radius 1 is 0.667 bits per heavy atom. The molecule has 0 bridgehead atoms. The highest BCUT2D eigenvalue weighted by atomic mass is 32.2. The first-order chi connectivity index (χ1) is 11.4. The molecule has 0 rings (SSSR count). The van der Waals surface area contributed by atoms with Crippen molar-refractivity contribution in [2.75, 3.05) is 38.1 Å². The van der Waals surface area contributed by atoms with Crippen molar-refractivity contribution in [1.29, 1.82) is 0 Å². The minimum Gasteiger partial charge on any atom is -0.369 e. The van der Waals surface area contributed by atoms with E-state index in [0.29, 0.717) is 21.7 Å². The fraction of sp³-hybridized carbons (Fsp3) is 0.600.